The molecule has 1 aromatic heterocycles. The second-order valence-electron chi connectivity index (χ2n) is 12.4. The van der Waals surface area contributed by atoms with Gasteiger partial charge < -0.3 is 24.2 Å². The smallest absolute Gasteiger partial charge is 0.255 e. The molecule has 0 radical (unpaired) electrons. The molecule has 12 heteroatoms. The summed E-state index contributed by atoms with van der Waals surface area (Å²) in [5.41, 5.74) is 2.40. The number of hydrogen-bond donors (Lipinski definition) is 1. The zero-order chi connectivity index (χ0) is 28.4. The highest BCUT2D eigenvalue weighted by atomic mass is 16.5. The molecular formula is C30H35N7O5. The summed E-state index contributed by atoms with van der Waals surface area (Å²) in [5, 5.41) is 2.38. The van der Waals surface area contributed by atoms with Gasteiger partial charge in [-0.1, -0.05) is 0 Å². The molecular weight excluding hydrogens is 538 g/mol. The van der Waals surface area contributed by atoms with Crippen LogP contribution < -0.4 is 19.9 Å². The lowest BCUT2D eigenvalue weighted by molar-refractivity contribution is -0.136. The summed E-state index contributed by atoms with van der Waals surface area (Å²) >= 11 is 0. The number of nitrogens with one attached hydrogen (secondary N) is 1. The van der Waals surface area contributed by atoms with Crippen LogP contribution in [0.2, 0.25) is 0 Å². The maximum absolute atomic E-state index is 13.3. The lowest BCUT2D eigenvalue weighted by Crippen LogP contribution is -2.59. The Balaban J connectivity index is 0.922. The van der Waals surface area contributed by atoms with Crippen molar-refractivity contribution in [2.75, 3.05) is 55.7 Å². The number of piperidine rings is 2. The largest absolute Gasteiger partial charge is 0.489 e. The fourth-order valence-corrected chi connectivity index (χ4v) is 7.81. The molecule has 4 fully saturated rings. The van der Waals surface area contributed by atoms with Crippen LogP contribution in [-0.2, 0) is 20.9 Å². The summed E-state index contributed by atoms with van der Waals surface area (Å²) in [6, 6.07) is 5.71. The molecule has 1 aromatic carbocycles. The molecule has 3 unspecified atom stereocenters. The van der Waals surface area contributed by atoms with Crippen molar-refractivity contribution in [1.82, 2.24) is 25.1 Å². The summed E-state index contributed by atoms with van der Waals surface area (Å²) in [6.07, 6.45) is 7.21. The first-order valence-electron chi connectivity index (χ1n) is 15.1. The molecule has 6 aliphatic heterocycles. The Morgan fingerprint density at radius 3 is 2.60 bits per heavy atom. The van der Waals surface area contributed by atoms with E-state index >= 15 is 0 Å². The second-order valence-corrected chi connectivity index (χ2v) is 12.4. The van der Waals surface area contributed by atoms with Crippen molar-refractivity contribution in [3.63, 3.8) is 0 Å². The molecule has 1 N–H and O–H groups in total. The number of anilines is 2. The molecule has 42 heavy (non-hydrogen) atoms. The first kappa shape index (κ1) is 25.9. The minimum Gasteiger partial charge on any atom is -0.489 e. The third-order valence-electron chi connectivity index (χ3n) is 10.1. The first-order chi connectivity index (χ1) is 20.5. The molecule has 2 aromatic rings. The number of fused-ring (bicyclic) bond motifs is 5. The van der Waals surface area contributed by atoms with Crippen molar-refractivity contribution < 1.29 is 23.9 Å². The van der Waals surface area contributed by atoms with Gasteiger partial charge in [-0.2, -0.15) is 0 Å². The molecule has 3 amide bonds. The van der Waals surface area contributed by atoms with Crippen LogP contribution in [0.3, 0.4) is 0 Å². The van der Waals surface area contributed by atoms with Gasteiger partial charge in [0.1, 0.15) is 18.4 Å². The Bertz CT molecular complexity index is 1430. The number of nitrogens with zero attached hydrogens (tertiary/aromatic N) is 6. The summed E-state index contributed by atoms with van der Waals surface area (Å²) in [5.74, 6) is 0.711. The van der Waals surface area contributed by atoms with E-state index in [0.29, 0.717) is 31.2 Å². The first-order valence-corrected chi connectivity index (χ1v) is 15.1. The van der Waals surface area contributed by atoms with Crippen LogP contribution in [0.25, 0.3) is 0 Å². The van der Waals surface area contributed by atoms with E-state index in [0.717, 1.165) is 81.5 Å². The third kappa shape index (κ3) is 4.22. The highest BCUT2D eigenvalue weighted by molar-refractivity contribution is 6.06. The van der Waals surface area contributed by atoms with E-state index in [9.17, 15) is 14.4 Å². The number of ether oxygens (including phenoxy) is 2. The SMILES string of the molecule is O=C1CCC(N2Cc3c(ccc4c3OCC3CN(C5COC6(CCN(c7ncccn7)CC6)C5)CCN43)C2=O)C(=O)N1. The molecule has 8 rings (SSSR count). The number of carbonyl (C=O) groups excluding carboxylic acids is 3. The molecule has 4 saturated heterocycles. The maximum Gasteiger partial charge on any atom is 0.255 e. The van der Waals surface area contributed by atoms with Crippen LogP contribution in [0.15, 0.2) is 30.6 Å². The molecule has 1 spiro atoms. The summed E-state index contributed by atoms with van der Waals surface area (Å²) in [4.78, 5) is 55.1. The number of carbonyl (C=O) groups is 3. The molecule has 220 valence electrons. The van der Waals surface area contributed by atoms with Gasteiger partial charge in [0.2, 0.25) is 17.8 Å². The molecule has 3 atom stereocenters. The molecule has 6 aliphatic rings. The van der Waals surface area contributed by atoms with E-state index in [1.54, 1.807) is 17.3 Å². The second kappa shape index (κ2) is 9.91. The Morgan fingerprint density at radius 2 is 1.79 bits per heavy atom. The molecule has 0 bridgehead atoms. The summed E-state index contributed by atoms with van der Waals surface area (Å²) < 4.78 is 12.9. The van der Waals surface area contributed by atoms with Crippen LogP contribution in [0.5, 0.6) is 5.75 Å². The van der Waals surface area contributed by atoms with E-state index in [1.807, 2.05) is 18.2 Å². The molecule has 7 heterocycles. The minimum atomic E-state index is -0.631. The monoisotopic (exact) mass is 573 g/mol. The van der Waals surface area contributed by atoms with Crippen molar-refractivity contribution in [3.8, 4) is 5.75 Å². The number of hydrogen-bond acceptors (Lipinski definition) is 10. The molecule has 0 aliphatic carbocycles. The Kier molecular flexibility index (Phi) is 6.11. The number of amides is 3. The van der Waals surface area contributed by atoms with Gasteiger partial charge in [-0.3, -0.25) is 24.6 Å². The van der Waals surface area contributed by atoms with Crippen molar-refractivity contribution >= 4 is 29.4 Å². The minimum absolute atomic E-state index is 0.0652. The van der Waals surface area contributed by atoms with Crippen molar-refractivity contribution in [2.45, 2.75) is 62.4 Å². The lowest BCUT2D eigenvalue weighted by atomic mass is 9.87. The standard InChI is InChI=1S/C30H35N7O5/c38-25-5-4-24(27(39)33-25)37-16-22-21(28(37)40)2-3-23-26(22)41-17-20-15-35(12-13-36(20)23)19-14-30(42-18-19)6-10-34(11-7-30)29-31-8-1-9-32-29/h1-3,8-9,19-20,24H,4-7,10-18H2,(H,33,38,39). The highest BCUT2D eigenvalue weighted by Crippen LogP contribution is 2.44. The zero-order valence-corrected chi connectivity index (χ0v) is 23.5. The molecule has 12 nitrogen and oxygen atoms in total. The van der Waals surface area contributed by atoms with E-state index in [4.69, 9.17) is 9.47 Å². The van der Waals surface area contributed by atoms with Gasteiger partial charge in [-0.15, -0.1) is 0 Å². The predicted molar refractivity (Wildman–Crippen MR) is 151 cm³/mol. The molecule has 0 saturated carbocycles. The highest BCUT2D eigenvalue weighted by Gasteiger charge is 2.47. The van der Waals surface area contributed by atoms with Crippen molar-refractivity contribution in [1.29, 1.82) is 0 Å². The fraction of sp³-hybridized carbons (Fsp3) is 0.567. The average Bonchev–Trinajstić information content (AvgIpc) is 3.58. The van der Waals surface area contributed by atoms with Crippen LogP contribution in [0.1, 0.15) is 48.0 Å². The van der Waals surface area contributed by atoms with Crippen LogP contribution >= 0.6 is 0 Å². The topological polar surface area (TPSA) is 120 Å². The fourth-order valence-electron chi connectivity index (χ4n) is 7.81. The Labute approximate surface area is 243 Å². The van der Waals surface area contributed by atoms with Crippen molar-refractivity contribution in [2.24, 2.45) is 0 Å². The number of rotatable bonds is 3. The van der Waals surface area contributed by atoms with Gasteiger partial charge in [-0.05, 0) is 43.9 Å². The van der Waals surface area contributed by atoms with E-state index in [1.165, 1.54) is 0 Å². The number of piperazine rings is 1. The van der Waals surface area contributed by atoms with Gasteiger partial charge in [0, 0.05) is 68.7 Å². The third-order valence-corrected chi connectivity index (χ3v) is 10.1. The average molecular weight is 574 g/mol. The van der Waals surface area contributed by atoms with Gasteiger partial charge in [0.15, 0.2) is 0 Å². The van der Waals surface area contributed by atoms with Gasteiger partial charge in [0.25, 0.3) is 5.91 Å². The maximum atomic E-state index is 13.3. The van der Waals surface area contributed by atoms with Crippen LogP contribution in [0.4, 0.5) is 11.6 Å². The number of benzene rings is 1. The normalized spacial score (nSPS) is 28.8. The predicted octanol–water partition coefficient (Wildman–Crippen LogP) is 0.949. The van der Waals surface area contributed by atoms with Gasteiger partial charge in [0.05, 0.1) is 30.5 Å². The lowest BCUT2D eigenvalue weighted by Gasteiger charge is -2.47. The van der Waals surface area contributed by atoms with E-state index < -0.39 is 11.9 Å². The number of imide groups is 1. The van der Waals surface area contributed by atoms with Crippen molar-refractivity contribution in [3.05, 3.63) is 41.7 Å². The van der Waals surface area contributed by atoms with Crippen LogP contribution in [-0.4, -0.2) is 107 Å². The summed E-state index contributed by atoms with van der Waals surface area (Å²) in [6.45, 7) is 6.19. The quantitative estimate of drug-likeness (QED) is 0.532. The van der Waals surface area contributed by atoms with Crippen LogP contribution in [0, 0.1) is 0 Å². The zero-order valence-electron chi connectivity index (χ0n) is 23.5. The number of aromatic nitrogens is 2. The van der Waals surface area contributed by atoms with E-state index in [-0.39, 0.29) is 29.9 Å². The van der Waals surface area contributed by atoms with Gasteiger partial charge >= 0.3 is 0 Å². The Hall–Kier alpha value is -3.77. The van der Waals surface area contributed by atoms with Gasteiger partial charge in [-0.25, -0.2) is 9.97 Å². The Morgan fingerprint density at radius 1 is 0.952 bits per heavy atom. The summed E-state index contributed by atoms with van der Waals surface area (Å²) in [7, 11) is 0. The van der Waals surface area contributed by atoms with E-state index in [2.05, 4.69) is 30.0 Å².